The minimum atomic E-state index is -2.90. The molecule has 6 nitrogen and oxygen atoms in total. The maximum absolute atomic E-state index is 12.5. The summed E-state index contributed by atoms with van der Waals surface area (Å²) in [6, 6.07) is 12.7. The number of hydrogen-bond acceptors (Lipinski definition) is 4. The Morgan fingerprint density at radius 2 is 1.72 bits per heavy atom. The molecule has 0 saturated heterocycles. The van der Waals surface area contributed by atoms with Gasteiger partial charge in [-0.2, -0.15) is 8.78 Å². The number of para-hydroxylation sites is 1. The molecule has 0 amide bonds. The molecule has 0 aliphatic carbocycles. The summed E-state index contributed by atoms with van der Waals surface area (Å²) >= 11 is 0. The lowest BCUT2D eigenvalue weighted by atomic mass is 10.1. The fourth-order valence-electron chi connectivity index (χ4n) is 2.64. The highest BCUT2D eigenvalue weighted by Crippen LogP contribution is 2.29. The maximum atomic E-state index is 12.5. The molecule has 9 heteroatoms. The Labute approximate surface area is 186 Å². The fraction of sp³-hybridized carbons (Fsp3) is 0.350. The van der Waals surface area contributed by atoms with Crippen LogP contribution in [-0.4, -0.2) is 40.4 Å². The number of methoxy groups -OCH3 is 2. The van der Waals surface area contributed by atoms with E-state index in [0.717, 1.165) is 16.9 Å². The molecule has 0 saturated carbocycles. The Hall–Kier alpha value is -2.30. The standard InChI is InChI=1S/C20H25F2N3O3.HI/c1-23-20(25-13-15-6-4-5-7-16(15)26-2)24-11-10-14-8-9-17(27-3)18(12-14)28-19(21)22;/h4-9,12,19H,10-11,13H2,1-3H3,(H2,23,24,25);1H. The molecule has 2 N–H and O–H groups in total. The average molecular weight is 521 g/mol. The van der Waals surface area contributed by atoms with Crippen molar-refractivity contribution in [1.82, 2.24) is 10.6 Å². The van der Waals surface area contributed by atoms with Crippen LogP contribution in [0.15, 0.2) is 47.5 Å². The van der Waals surface area contributed by atoms with Crippen molar-refractivity contribution in [3.63, 3.8) is 0 Å². The average Bonchev–Trinajstić information content (AvgIpc) is 2.70. The molecule has 2 aromatic rings. The van der Waals surface area contributed by atoms with Crippen LogP contribution in [0.5, 0.6) is 17.2 Å². The molecule has 0 unspecified atom stereocenters. The summed E-state index contributed by atoms with van der Waals surface area (Å²) in [7, 11) is 4.72. The van der Waals surface area contributed by atoms with Gasteiger partial charge in [0.2, 0.25) is 0 Å². The summed E-state index contributed by atoms with van der Waals surface area (Å²) in [5.41, 5.74) is 1.85. The summed E-state index contributed by atoms with van der Waals surface area (Å²) in [5.74, 6) is 1.72. The number of guanidine groups is 1. The van der Waals surface area contributed by atoms with E-state index < -0.39 is 6.61 Å². The Morgan fingerprint density at radius 3 is 2.38 bits per heavy atom. The Bertz CT molecular complexity index is 791. The van der Waals surface area contributed by atoms with Crippen molar-refractivity contribution in [3.8, 4) is 17.2 Å². The predicted octanol–water partition coefficient (Wildman–Crippen LogP) is 3.83. The summed E-state index contributed by atoms with van der Waals surface area (Å²) in [5, 5.41) is 6.41. The van der Waals surface area contributed by atoms with Gasteiger partial charge >= 0.3 is 6.61 Å². The van der Waals surface area contributed by atoms with E-state index in [2.05, 4.69) is 20.4 Å². The van der Waals surface area contributed by atoms with Gasteiger partial charge in [0.1, 0.15) is 5.75 Å². The number of nitrogens with zero attached hydrogens (tertiary/aromatic N) is 1. The zero-order valence-electron chi connectivity index (χ0n) is 16.6. The van der Waals surface area contributed by atoms with Crippen molar-refractivity contribution in [3.05, 3.63) is 53.6 Å². The molecule has 0 aliphatic heterocycles. The molecule has 0 atom stereocenters. The number of nitrogens with one attached hydrogen (secondary N) is 2. The van der Waals surface area contributed by atoms with Gasteiger partial charge in [0.25, 0.3) is 0 Å². The van der Waals surface area contributed by atoms with Crippen LogP contribution in [0.1, 0.15) is 11.1 Å². The van der Waals surface area contributed by atoms with Crippen molar-refractivity contribution < 1.29 is 23.0 Å². The largest absolute Gasteiger partial charge is 0.496 e. The van der Waals surface area contributed by atoms with Crippen LogP contribution in [0.2, 0.25) is 0 Å². The van der Waals surface area contributed by atoms with Crippen LogP contribution in [0.25, 0.3) is 0 Å². The van der Waals surface area contributed by atoms with E-state index in [0.29, 0.717) is 25.5 Å². The van der Waals surface area contributed by atoms with Gasteiger partial charge < -0.3 is 24.8 Å². The number of hydrogen-bond donors (Lipinski definition) is 2. The first-order chi connectivity index (χ1) is 13.6. The molecule has 0 aromatic heterocycles. The molecule has 29 heavy (non-hydrogen) atoms. The molecule has 160 valence electrons. The van der Waals surface area contributed by atoms with Crippen molar-refractivity contribution in [2.75, 3.05) is 27.8 Å². The van der Waals surface area contributed by atoms with Gasteiger partial charge in [-0.15, -0.1) is 24.0 Å². The van der Waals surface area contributed by atoms with Gasteiger partial charge in [0.05, 0.1) is 14.2 Å². The summed E-state index contributed by atoms with van der Waals surface area (Å²) in [6.07, 6.45) is 0.596. The Balaban J connectivity index is 0.00000420. The first-order valence-corrected chi connectivity index (χ1v) is 8.75. The molecule has 2 rings (SSSR count). The zero-order chi connectivity index (χ0) is 20.4. The molecule has 0 aliphatic rings. The van der Waals surface area contributed by atoms with Gasteiger partial charge in [-0.05, 0) is 30.2 Å². The number of ether oxygens (including phenoxy) is 3. The highest BCUT2D eigenvalue weighted by Gasteiger charge is 2.11. The summed E-state index contributed by atoms with van der Waals surface area (Å²) in [6.45, 7) is -1.79. The number of benzene rings is 2. The first-order valence-electron chi connectivity index (χ1n) is 8.75. The molecular weight excluding hydrogens is 495 g/mol. The zero-order valence-corrected chi connectivity index (χ0v) is 18.9. The smallest absolute Gasteiger partial charge is 0.387 e. The van der Waals surface area contributed by atoms with Crippen LogP contribution in [0.3, 0.4) is 0 Å². The quantitative estimate of drug-likeness (QED) is 0.299. The SMILES string of the molecule is CN=C(NCCc1ccc(OC)c(OC(F)F)c1)NCc1ccccc1OC.I. The third-order valence-electron chi connectivity index (χ3n) is 4.01. The van der Waals surface area contributed by atoms with Crippen molar-refractivity contribution >= 4 is 29.9 Å². The van der Waals surface area contributed by atoms with Crippen LogP contribution < -0.4 is 24.8 Å². The van der Waals surface area contributed by atoms with E-state index in [9.17, 15) is 8.78 Å². The van der Waals surface area contributed by atoms with Gasteiger partial charge in [0.15, 0.2) is 17.5 Å². The number of aliphatic imine (C=N–C) groups is 1. The lowest BCUT2D eigenvalue weighted by molar-refractivity contribution is -0.0512. The maximum Gasteiger partial charge on any atom is 0.387 e. The highest BCUT2D eigenvalue weighted by atomic mass is 127. The molecule has 0 fully saturated rings. The van der Waals surface area contributed by atoms with Gasteiger partial charge in [-0.1, -0.05) is 24.3 Å². The van der Waals surface area contributed by atoms with Crippen LogP contribution in [0, 0.1) is 0 Å². The minimum absolute atomic E-state index is 0. The molecule has 0 bridgehead atoms. The topological polar surface area (TPSA) is 64.1 Å². The van der Waals surface area contributed by atoms with Gasteiger partial charge in [-0.25, -0.2) is 0 Å². The van der Waals surface area contributed by atoms with Crippen LogP contribution >= 0.6 is 24.0 Å². The Kier molecular flexibility index (Phi) is 11.1. The first kappa shape index (κ1) is 24.7. The molecule has 0 spiro atoms. The lowest BCUT2D eigenvalue weighted by Crippen LogP contribution is -2.37. The molecule has 0 radical (unpaired) electrons. The fourth-order valence-corrected chi connectivity index (χ4v) is 2.64. The highest BCUT2D eigenvalue weighted by molar-refractivity contribution is 14.0. The monoisotopic (exact) mass is 521 g/mol. The van der Waals surface area contributed by atoms with E-state index in [-0.39, 0.29) is 35.5 Å². The molecular formula is C20H26F2IN3O3. The van der Waals surface area contributed by atoms with Crippen LogP contribution in [-0.2, 0) is 13.0 Å². The third-order valence-corrected chi connectivity index (χ3v) is 4.01. The Morgan fingerprint density at radius 1 is 1.00 bits per heavy atom. The van der Waals surface area contributed by atoms with Crippen molar-refractivity contribution in [1.29, 1.82) is 0 Å². The van der Waals surface area contributed by atoms with Gasteiger partial charge in [0, 0.05) is 25.7 Å². The van der Waals surface area contributed by atoms with Crippen molar-refractivity contribution in [2.24, 2.45) is 4.99 Å². The van der Waals surface area contributed by atoms with E-state index in [1.807, 2.05) is 30.3 Å². The van der Waals surface area contributed by atoms with E-state index >= 15 is 0 Å². The second kappa shape index (κ2) is 13.0. The third kappa shape index (κ3) is 7.92. The second-order valence-electron chi connectivity index (χ2n) is 5.78. The normalized spacial score (nSPS) is 10.9. The van der Waals surface area contributed by atoms with E-state index in [1.54, 1.807) is 26.3 Å². The number of rotatable bonds is 9. The lowest BCUT2D eigenvalue weighted by Gasteiger charge is -2.14. The van der Waals surface area contributed by atoms with E-state index in [4.69, 9.17) is 9.47 Å². The number of halogens is 3. The van der Waals surface area contributed by atoms with Crippen molar-refractivity contribution in [2.45, 2.75) is 19.6 Å². The van der Waals surface area contributed by atoms with E-state index in [1.165, 1.54) is 7.11 Å². The number of alkyl halides is 2. The summed E-state index contributed by atoms with van der Waals surface area (Å²) < 4.78 is 39.9. The predicted molar refractivity (Wildman–Crippen MR) is 120 cm³/mol. The van der Waals surface area contributed by atoms with Crippen LogP contribution in [0.4, 0.5) is 8.78 Å². The summed E-state index contributed by atoms with van der Waals surface area (Å²) in [4.78, 5) is 4.18. The minimum Gasteiger partial charge on any atom is -0.496 e. The molecule has 2 aromatic carbocycles. The second-order valence-corrected chi connectivity index (χ2v) is 5.78. The molecule has 0 heterocycles. The van der Waals surface area contributed by atoms with Gasteiger partial charge in [-0.3, -0.25) is 4.99 Å².